The van der Waals surface area contributed by atoms with Crippen LogP contribution in [0.5, 0.6) is 0 Å². The lowest BCUT2D eigenvalue weighted by Crippen LogP contribution is -2.17. The normalized spacial score (nSPS) is 10.2. The van der Waals surface area contributed by atoms with E-state index in [1.165, 1.54) is 12.1 Å². The van der Waals surface area contributed by atoms with Crippen LogP contribution >= 0.6 is 0 Å². The first kappa shape index (κ1) is 14.0. The van der Waals surface area contributed by atoms with Gasteiger partial charge in [0.2, 0.25) is 0 Å². The third-order valence-electron chi connectivity index (χ3n) is 2.88. The van der Waals surface area contributed by atoms with Crippen LogP contribution in [0.25, 0.3) is 0 Å². The van der Waals surface area contributed by atoms with Crippen molar-refractivity contribution < 1.29 is 9.18 Å². The molecule has 0 atom stereocenters. The fraction of sp³-hybridized carbons (Fsp3) is 0.133. The van der Waals surface area contributed by atoms with Gasteiger partial charge >= 0.3 is 0 Å². The van der Waals surface area contributed by atoms with Crippen LogP contribution in [0.15, 0.2) is 36.4 Å². The average molecular weight is 273 g/mol. The van der Waals surface area contributed by atoms with Gasteiger partial charge in [0.25, 0.3) is 5.91 Å². The summed E-state index contributed by atoms with van der Waals surface area (Å²) in [5.41, 5.74) is 5.49. The predicted octanol–water partition coefficient (Wildman–Crippen LogP) is 2.98. The van der Waals surface area contributed by atoms with Gasteiger partial charge in [-0.25, -0.2) is 4.39 Å². The largest absolute Gasteiger partial charge is 0.323 e. The smallest absolute Gasteiger partial charge is 0.257 e. The zero-order valence-electron chi connectivity index (χ0n) is 11.3. The van der Waals surface area contributed by atoms with Crippen molar-refractivity contribution in [3.63, 3.8) is 0 Å². The number of nitrogen functional groups attached to an aromatic ring is 1. The first-order valence-electron chi connectivity index (χ1n) is 6.15. The fourth-order valence-electron chi connectivity index (χ4n) is 1.98. The topological polar surface area (TPSA) is 67.2 Å². The van der Waals surface area contributed by atoms with Crippen LogP contribution in [0.4, 0.5) is 15.8 Å². The van der Waals surface area contributed by atoms with Crippen LogP contribution < -0.4 is 16.6 Å². The van der Waals surface area contributed by atoms with Crippen LogP contribution in [-0.2, 0) is 0 Å². The number of benzene rings is 2. The predicted molar refractivity (Wildman–Crippen MR) is 78.1 cm³/mol. The number of amides is 1. The van der Waals surface area contributed by atoms with Gasteiger partial charge in [0.1, 0.15) is 5.82 Å². The molecule has 0 spiro atoms. The quantitative estimate of drug-likeness (QED) is 0.595. The van der Waals surface area contributed by atoms with E-state index < -0.39 is 0 Å². The highest BCUT2D eigenvalue weighted by atomic mass is 19.1. The van der Waals surface area contributed by atoms with Crippen LogP contribution in [-0.4, -0.2) is 5.91 Å². The number of hydrogen-bond donors (Lipinski definition) is 3. The first-order valence-corrected chi connectivity index (χ1v) is 6.15. The molecule has 0 radical (unpaired) electrons. The fourth-order valence-corrected chi connectivity index (χ4v) is 1.98. The molecule has 0 unspecified atom stereocenters. The number of hydrogen-bond acceptors (Lipinski definition) is 3. The molecule has 0 fully saturated rings. The number of halogens is 1. The number of rotatable bonds is 3. The summed E-state index contributed by atoms with van der Waals surface area (Å²) in [6, 6.07) is 9.66. The Balaban J connectivity index is 2.30. The molecule has 4 nitrogen and oxygen atoms in total. The molecule has 0 aliphatic rings. The van der Waals surface area contributed by atoms with Gasteiger partial charge in [-0.1, -0.05) is 11.6 Å². The Morgan fingerprint density at radius 3 is 2.50 bits per heavy atom. The van der Waals surface area contributed by atoms with Crippen molar-refractivity contribution in [1.82, 2.24) is 0 Å². The third-order valence-corrected chi connectivity index (χ3v) is 2.88. The molecular formula is C15H16FN3O. The maximum Gasteiger partial charge on any atom is 0.257 e. The molecule has 5 heteroatoms. The van der Waals surface area contributed by atoms with E-state index >= 15 is 0 Å². The van der Waals surface area contributed by atoms with Crippen LogP contribution in [0.1, 0.15) is 21.5 Å². The molecule has 1 amide bonds. The van der Waals surface area contributed by atoms with Crippen molar-refractivity contribution in [2.75, 3.05) is 10.7 Å². The maximum absolute atomic E-state index is 13.3. The highest BCUT2D eigenvalue weighted by Crippen LogP contribution is 2.19. The molecule has 2 aromatic rings. The summed E-state index contributed by atoms with van der Waals surface area (Å²) in [7, 11) is 0. The molecule has 4 N–H and O–H groups in total. The van der Waals surface area contributed by atoms with Crippen molar-refractivity contribution in [3.05, 3.63) is 58.9 Å². The summed E-state index contributed by atoms with van der Waals surface area (Å²) >= 11 is 0. The van der Waals surface area contributed by atoms with E-state index in [1.54, 1.807) is 25.1 Å². The summed E-state index contributed by atoms with van der Waals surface area (Å²) in [5.74, 6) is 4.66. The number of aryl methyl sites for hydroxylation is 2. The van der Waals surface area contributed by atoms with Crippen molar-refractivity contribution in [3.8, 4) is 0 Å². The summed E-state index contributed by atoms with van der Waals surface area (Å²) in [6.45, 7) is 3.64. The Morgan fingerprint density at radius 2 is 1.85 bits per heavy atom. The average Bonchev–Trinajstić information content (AvgIpc) is 2.37. The molecule has 0 bridgehead atoms. The van der Waals surface area contributed by atoms with Gasteiger partial charge < -0.3 is 10.7 Å². The van der Waals surface area contributed by atoms with Crippen LogP contribution in [0.3, 0.4) is 0 Å². The molecule has 0 heterocycles. The minimum atomic E-state index is -0.387. The Kier molecular flexibility index (Phi) is 4.00. The van der Waals surface area contributed by atoms with Gasteiger partial charge in [-0.3, -0.25) is 10.6 Å². The number of hydrazine groups is 1. The van der Waals surface area contributed by atoms with Crippen molar-refractivity contribution in [2.45, 2.75) is 13.8 Å². The number of nitrogens with two attached hydrogens (primary N) is 1. The van der Waals surface area contributed by atoms with Crippen LogP contribution in [0.2, 0.25) is 0 Å². The van der Waals surface area contributed by atoms with Gasteiger partial charge in [-0.05, 0) is 49.7 Å². The van der Waals surface area contributed by atoms with Gasteiger partial charge in [-0.2, -0.15) is 0 Å². The Bertz CT molecular complexity index is 635. The second kappa shape index (κ2) is 5.71. The summed E-state index contributed by atoms with van der Waals surface area (Å²) < 4.78 is 13.3. The summed E-state index contributed by atoms with van der Waals surface area (Å²) in [5, 5.41) is 2.67. The lowest BCUT2D eigenvalue weighted by atomic mass is 10.1. The molecule has 0 saturated heterocycles. The Morgan fingerprint density at radius 1 is 1.10 bits per heavy atom. The van der Waals surface area contributed by atoms with Gasteiger partial charge in [0, 0.05) is 5.69 Å². The molecule has 0 aromatic heterocycles. The van der Waals surface area contributed by atoms with E-state index in [2.05, 4.69) is 10.7 Å². The molecule has 2 rings (SSSR count). The minimum absolute atomic E-state index is 0.341. The Labute approximate surface area is 116 Å². The molecule has 104 valence electrons. The number of carbonyl (C=O) groups excluding carboxylic acids is 1. The number of anilines is 2. The molecule has 2 aromatic carbocycles. The van der Waals surface area contributed by atoms with Gasteiger partial charge in [-0.15, -0.1) is 0 Å². The third kappa shape index (κ3) is 3.13. The summed E-state index contributed by atoms with van der Waals surface area (Å²) in [6.07, 6.45) is 0. The van der Waals surface area contributed by atoms with Gasteiger partial charge in [0.15, 0.2) is 0 Å². The SMILES string of the molecule is Cc1cc(F)cc(NC(=O)c2cc(C)ccc2NN)c1. The van der Waals surface area contributed by atoms with Crippen LogP contribution in [0, 0.1) is 19.7 Å². The molecule has 0 aliphatic carbocycles. The zero-order chi connectivity index (χ0) is 14.7. The monoisotopic (exact) mass is 273 g/mol. The highest BCUT2D eigenvalue weighted by Gasteiger charge is 2.12. The minimum Gasteiger partial charge on any atom is -0.323 e. The van der Waals surface area contributed by atoms with Crippen molar-refractivity contribution in [2.24, 2.45) is 5.84 Å². The number of carbonyl (C=O) groups is 1. The van der Waals surface area contributed by atoms with E-state index in [-0.39, 0.29) is 11.7 Å². The first-order chi connectivity index (χ1) is 9.49. The highest BCUT2D eigenvalue weighted by molar-refractivity contribution is 6.08. The van der Waals surface area contributed by atoms with E-state index in [9.17, 15) is 9.18 Å². The van der Waals surface area contributed by atoms with Crippen molar-refractivity contribution >= 4 is 17.3 Å². The standard InChI is InChI=1S/C15H16FN3O/c1-9-3-4-14(19-17)13(7-9)15(20)18-12-6-10(2)5-11(16)8-12/h3-8,19H,17H2,1-2H3,(H,18,20). The van der Waals surface area contributed by atoms with E-state index in [0.717, 1.165) is 11.1 Å². The van der Waals surface area contributed by atoms with E-state index in [1.807, 2.05) is 13.0 Å². The second-order valence-corrected chi connectivity index (χ2v) is 4.66. The maximum atomic E-state index is 13.3. The zero-order valence-corrected chi connectivity index (χ0v) is 11.3. The molecule has 20 heavy (non-hydrogen) atoms. The summed E-state index contributed by atoms with van der Waals surface area (Å²) in [4.78, 5) is 12.2. The van der Waals surface area contributed by atoms with E-state index in [4.69, 9.17) is 5.84 Å². The molecule has 0 aliphatic heterocycles. The lowest BCUT2D eigenvalue weighted by molar-refractivity contribution is 0.102. The van der Waals surface area contributed by atoms with E-state index in [0.29, 0.717) is 16.9 Å². The second-order valence-electron chi connectivity index (χ2n) is 4.66. The number of nitrogens with one attached hydrogen (secondary N) is 2. The van der Waals surface area contributed by atoms with Gasteiger partial charge in [0.05, 0.1) is 11.3 Å². The molecular weight excluding hydrogens is 257 g/mol. The lowest BCUT2D eigenvalue weighted by Gasteiger charge is -2.11. The Hall–Kier alpha value is -2.40. The molecule has 0 saturated carbocycles. The van der Waals surface area contributed by atoms with Crippen molar-refractivity contribution in [1.29, 1.82) is 0 Å².